The summed E-state index contributed by atoms with van der Waals surface area (Å²) in [6.45, 7) is 0. The van der Waals surface area contributed by atoms with Gasteiger partial charge in [-0.2, -0.15) is 8.78 Å². The topological polar surface area (TPSA) is 9.23 Å². The Morgan fingerprint density at radius 2 is 1.31 bits per heavy atom. The smallest absolute Gasteiger partial charge is 0.429 e. The van der Waals surface area contributed by atoms with E-state index in [4.69, 9.17) is 0 Å². The van der Waals surface area contributed by atoms with E-state index in [1.807, 2.05) is 0 Å². The number of hydrogen-bond donors (Lipinski definition) is 0. The third-order valence-electron chi connectivity index (χ3n) is 4.54. The fraction of sp³-hybridized carbons (Fsp3) is 0.0400. The van der Waals surface area contributed by atoms with Crippen LogP contribution in [0.5, 0.6) is 5.75 Å². The van der Waals surface area contributed by atoms with Gasteiger partial charge in [0.15, 0.2) is 0 Å². The Kier molecular flexibility index (Phi) is 5.54. The van der Waals surface area contributed by atoms with Crippen LogP contribution in [0.15, 0.2) is 72.8 Å². The fourth-order valence-corrected chi connectivity index (χ4v) is 3.12. The zero-order valence-corrected chi connectivity index (χ0v) is 16.1. The minimum absolute atomic E-state index is 0.0271. The third kappa shape index (κ3) is 4.40. The van der Waals surface area contributed by atoms with E-state index in [1.54, 1.807) is 30.3 Å². The van der Waals surface area contributed by atoms with Crippen molar-refractivity contribution in [2.45, 2.75) is 6.11 Å². The summed E-state index contributed by atoms with van der Waals surface area (Å²) in [6.07, 6.45) is -4.40. The molecular formula is C25H12F6O. The van der Waals surface area contributed by atoms with Crippen LogP contribution in [0.4, 0.5) is 26.3 Å². The Bertz CT molecular complexity index is 1350. The summed E-state index contributed by atoms with van der Waals surface area (Å²) in [5.41, 5.74) is -1.16. The highest BCUT2D eigenvalue weighted by Gasteiger charge is 2.41. The molecule has 0 bridgehead atoms. The molecule has 4 aromatic carbocycles. The third-order valence-corrected chi connectivity index (χ3v) is 4.54. The number of fused-ring (bicyclic) bond motifs is 1. The molecule has 0 aromatic heterocycles. The van der Waals surface area contributed by atoms with E-state index in [2.05, 4.69) is 16.6 Å². The molecule has 0 heterocycles. The van der Waals surface area contributed by atoms with Crippen LogP contribution in [0.2, 0.25) is 0 Å². The van der Waals surface area contributed by atoms with Crippen molar-refractivity contribution in [1.29, 1.82) is 0 Å². The van der Waals surface area contributed by atoms with Gasteiger partial charge in [-0.05, 0) is 53.9 Å². The largest absolute Gasteiger partial charge is 0.432 e. The van der Waals surface area contributed by atoms with Gasteiger partial charge in [0.05, 0.1) is 0 Å². The van der Waals surface area contributed by atoms with E-state index >= 15 is 0 Å². The molecule has 4 rings (SSSR count). The fourth-order valence-electron chi connectivity index (χ4n) is 3.12. The van der Waals surface area contributed by atoms with Crippen molar-refractivity contribution >= 4 is 10.8 Å². The molecule has 0 fully saturated rings. The van der Waals surface area contributed by atoms with E-state index < -0.39 is 40.7 Å². The maximum Gasteiger partial charge on any atom is 0.432 e. The molecule has 0 saturated heterocycles. The zero-order chi connectivity index (χ0) is 22.9. The molecule has 4 aromatic rings. The monoisotopic (exact) mass is 442 g/mol. The van der Waals surface area contributed by atoms with Crippen LogP contribution in [-0.2, 0) is 6.11 Å². The lowest BCUT2D eigenvalue weighted by atomic mass is 10.1. The zero-order valence-electron chi connectivity index (χ0n) is 16.1. The van der Waals surface area contributed by atoms with E-state index in [-0.39, 0.29) is 16.3 Å². The summed E-state index contributed by atoms with van der Waals surface area (Å²) in [4.78, 5) is 0. The summed E-state index contributed by atoms with van der Waals surface area (Å²) in [5.74, 6) is -0.239. The first kappa shape index (κ1) is 21.3. The van der Waals surface area contributed by atoms with Gasteiger partial charge in [-0.15, -0.1) is 0 Å². The lowest BCUT2D eigenvalue weighted by Gasteiger charge is -2.20. The highest BCUT2D eigenvalue weighted by molar-refractivity contribution is 5.84. The van der Waals surface area contributed by atoms with Crippen molar-refractivity contribution < 1.29 is 31.1 Å². The molecule has 0 atom stereocenters. The molecule has 160 valence electrons. The first-order valence-corrected chi connectivity index (χ1v) is 9.25. The standard InChI is InChI=1S/C25H12F6O/c26-18-12-17-13-19(8-9-20(17)21(27)14-18)32-25(30,31)24-22(28)10-16(11-23(24)29)7-6-15-4-2-1-3-5-15/h1-5,8-14H. The van der Waals surface area contributed by atoms with E-state index in [1.165, 1.54) is 0 Å². The van der Waals surface area contributed by atoms with Crippen molar-refractivity contribution in [1.82, 2.24) is 0 Å². The van der Waals surface area contributed by atoms with Gasteiger partial charge in [0.25, 0.3) is 0 Å². The number of halogens is 6. The number of benzene rings is 4. The molecule has 32 heavy (non-hydrogen) atoms. The molecular weight excluding hydrogens is 430 g/mol. The van der Waals surface area contributed by atoms with Crippen LogP contribution in [0.3, 0.4) is 0 Å². The summed E-state index contributed by atoms with van der Waals surface area (Å²) < 4.78 is 89.8. The Balaban J connectivity index is 1.65. The molecule has 0 unspecified atom stereocenters. The minimum atomic E-state index is -4.40. The molecule has 0 saturated carbocycles. The molecule has 1 nitrogen and oxygen atoms in total. The molecule has 0 spiro atoms. The maximum absolute atomic E-state index is 14.6. The van der Waals surface area contributed by atoms with Crippen molar-refractivity contribution in [3.05, 3.63) is 113 Å². The molecule has 0 aliphatic rings. The minimum Gasteiger partial charge on any atom is -0.429 e. The van der Waals surface area contributed by atoms with Gasteiger partial charge in [-0.1, -0.05) is 30.0 Å². The number of hydrogen-bond acceptors (Lipinski definition) is 1. The van der Waals surface area contributed by atoms with E-state index in [0.717, 1.165) is 24.3 Å². The average molecular weight is 442 g/mol. The Hall–Kier alpha value is -3.92. The SMILES string of the molecule is Fc1cc(F)c2ccc(OC(F)(F)c3c(F)cc(C#Cc4ccccc4)cc3F)cc2c1. The first-order valence-electron chi connectivity index (χ1n) is 9.25. The van der Waals surface area contributed by atoms with Gasteiger partial charge in [-0.25, -0.2) is 17.6 Å². The average Bonchev–Trinajstić information content (AvgIpc) is 2.71. The highest BCUT2D eigenvalue weighted by Crippen LogP contribution is 2.36. The van der Waals surface area contributed by atoms with Gasteiger partial charge in [0, 0.05) is 22.6 Å². The van der Waals surface area contributed by atoms with Gasteiger partial charge in [-0.3, -0.25) is 0 Å². The van der Waals surface area contributed by atoms with E-state index in [0.29, 0.717) is 23.8 Å². The second-order valence-electron chi connectivity index (χ2n) is 6.82. The maximum atomic E-state index is 14.6. The molecule has 7 heteroatoms. The van der Waals surface area contributed by atoms with Gasteiger partial charge in [0.2, 0.25) is 0 Å². The lowest BCUT2D eigenvalue weighted by Crippen LogP contribution is -2.25. The van der Waals surface area contributed by atoms with Crippen molar-refractivity contribution in [3.8, 4) is 17.6 Å². The van der Waals surface area contributed by atoms with Crippen molar-refractivity contribution in [2.75, 3.05) is 0 Å². The second kappa shape index (κ2) is 8.31. The Labute approximate surface area is 178 Å². The van der Waals surface area contributed by atoms with Crippen molar-refractivity contribution in [2.24, 2.45) is 0 Å². The number of ether oxygens (including phenoxy) is 1. The van der Waals surface area contributed by atoms with Crippen LogP contribution >= 0.6 is 0 Å². The van der Waals surface area contributed by atoms with Crippen LogP contribution in [-0.4, -0.2) is 0 Å². The normalized spacial score (nSPS) is 11.2. The highest BCUT2D eigenvalue weighted by atomic mass is 19.3. The molecule has 0 aliphatic heterocycles. The van der Waals surface area contributed by atoms with Gasteiger partial charge >= 0.3 is 6.11 Å². The van der Waals surface area contributed by atoms with Gasteiger partial charge in [0.1, 0.15) is 34.6 Å². The molecule has 0 amide bonds. The van der Waals surface area contributed by atoms with Crippen molar-refractivity contribution in [3.63, 3.8) is 0 Å². The van der Waals surface area contributed by atoms with Crippen LogP contribution in [0.1, 0.15) is 16.7 Å². The predicted molar refractivity (Wildman–Crippen MR) is 107 cm³/mol. The van der Waals surface area contributed by atoms with Crippen LogP contribution in [0, 0.1) is 35.1 Å². The molecule has 0 N–H and O–H groups in total. The summed E-state index contributed by atoms with van der Waals surface area (Å²) in [6, 6.07) is 14.5. The van der Waals surface area contributed by atoms with E-state index in [9.17, 15) is 26.3 Å². The molecule has 0 radical (unpaired) electrons. The Morgan fingerprint density at radius 1 is 0.656 bits per heavy atom. The first-order chi connectivity index (χ1) is 15.2. The number of alkyl halides is 2. The second-order valence-corrected chi connectivity index (χ2v) is 6.82. The summed E-state index contributed by atoms with van der Waals surface area (Å²) >= 11 is 0. The quantitative estimate of drug-likeness (QED) is 0.247. The molecule has 0 aliphatic carbocycles. The lowest BCUT2D eigenvalue weighted by molar-refractivity contribution is -0.189. The summed E-state index contributed by atoms with van der Waals surface area (Å²) in [7, 11) is 0. The van der Waals surface area contributed by atoms with Gasteiger partial charge < -0.3 is 4.74 Å². The number of rotatable bonds is 3. The Morgan fingerprint density at radius 3 is 2.00 bits per heavy atom. The summed E-state index contributed by atoms with van der Waals surface area (Å²) in [5, 5.41) is -0.0796. The van der Waals surface area contributed by atoms with Crippen LogP contribution in [0.25, 0.3) is 10.8 Å². The predicted octanol–water partition coefficient (Wildman–Crippen LogP) is 6.92. The van der Waals surface area contributed by atoms with Crippen LogP contribution < -0.4 is 4.74 Å².